The summed E-state index contributed by atoms with van der Waals surface area (Å²) in [5, 5.41) is 0. The van der Waals surface area contributed by atoms with E-state index in [-0.39, 0.29) is 5.82 Å². The van der Waals surface area contributed by atoms with Crippen molar-refractivity contribution in [3.05, 3.63) is 35.6 Å². The Hall–Kier alpha value is -0.930. The molecule has 2 nitrogen and oxygen atoms in total. The standard InChI is InChI=1S/C14H21FN2/c1-11-9-17(12(2)8-16(11)3)10-13-5-4-6-14(15)7-13/h4-7,11-12H,8-10H2,1-3H3/t11-,12+/m0/s1. The van der Waals surface area contributed by atoms with E-state index in [1.807, 2.05) is 6.07 Å². The third kappa shape index (κ3) is 3.05. The molecule has 1 aromatic rings. The largest absolute Gasteiger partial charge is 0.301 e. The van der Waals surface area contributed by atoms with Crippen molar-refractivity contribution >= 4 is 0 Å². The van der Waals surface area contributed by atoms with Crippen molar-refractivity contribution in [2.45, 2.75) is 32.5 Å². The van der Waals surface area contributed by atoms with Gasteiger partial charge in [-0.3, -0.25) is 4.90 Å². The lowest BCUT2D eigenvalue weighted by molar-refractivity contribution is 0.0545. The third-order valence-electron chi connectivity index (χ3n) is 3.70. The summed E-state index contributed by atoms with van der Waals surface area (Å²) in [7, 11) is 2.17. The molecule has 0 spiro atoms. The molecule has 0 unspecified atom stereocenters. The van der Waals surface area contributed by atoms with Crippen LogP contribution in [0.5, 0.6) is 0 Å². The molecule has 0 N–H and O–H groups in total. The van der Waals surface area contributed by atoms with Gasteiger partial charge in [-0.2, -0.15) is 0 Å². The van der Waals surface area contributed by atoms with Gasteiger partial charge in [-0.15, -0.1) is 0 Å². The van der Waals surface area contributed by atoms with Gasteiger partial charge in [-0.1, -0.05) is 12.1 Å². The minimum atomic E-state index is -0.141. The molecule has 0 bridgehead atoms. The van der Waals surface area contributed by atoms with Gasteiger partial charge in [-0.05, 0) is 38.6 Å². The van der Waals surface area contributed by atoms with Crippen LogP contribution in [0.15, 0.2) is 24.3 Å². The van der Waals surface area contributed by atoms with Crippen molar-refractivity contribution in [2.24, 2.45) is 0 Å². The van der Waals surface area contributed by atoms with Gasteiger partial charge in [0.1, 0.15) is 5.82 Å². The average Bonchev–Trinajstić information content (AvgIpc) is 2.26. The molecule has 0 aliphatic carbocycles. The highest BCUT2D eigenvalue weighted by Gasteiger charge is 2.26. The Morgan fingerprint density at radius 1 is 1.24 bits per heavy atom. The van der Waals surface area contributed by atoms with Gasteiger partial charge in [0.05, 0.1) is 0 Å². The normalized spacial score (nSPS) is 27.3. The van der Waals surface area contributed by atoms with Gasteiger partial charge in [0, 0.05) is 31.7 Å². The summed E-state index contributed by atoms with van der Waals surface area (Å²) in [4.78, 5) is 4.81. The van der Waals surface area contributed by atoms with Crippen LogP contribution in [0.3, 0.4) is 0 Å². The quantitative estimate of drug-likeness (QED) is 0.777. The Labute approximate surface area is 103 Å². The molecule has 2 rings (SSSR count). The second-order valence-electron chi connectivity index (χ2n) is 5.20. The van der Waals surface area contributed by atoms with Crippen molar-refractivity contribution < 1.29 is 4.39 Å². The summed E-state index contributed by atoms with van der Waals surface area (Å²) in [5.74, 6) is -0.141. The zero-order valence-electron chi connectivity index (χ0n) is 10.9. The van der Waals surface area contributed by atoms with Crippen LogP contribution in [0.1, 0.15) is 19.4 Å². The van der Waals surface area contributed by atoms with Crippen molar-refractivity contribution in [2.75, 3.05) is 20.1 Å². The molecular formula is C14H21FN2. The predicted molar refractivity (Wildman–Crippen MR) is 68.4 cm³/mol. The first kappa shape index (κ1) is 12.5. The first-order valence-corrected chi connectivity index (χ1v) is 6.25. The van der Waals surface area contributed by atoms with Crippen LogP contribution in [0, 0.1) is 5.82 Å². The lowest BCUT2D eigenvalue weighted by Crippen LogP contribution is -2.54. The fourth-order valence-corrected chi connectivity index (χ4v) is 2.46. The first-order chi connectivity index (χ1) is 8.06. The Morgan fingerprint density at radius 2 is 2.00 bits per heavy atom. The molecule has 0 amide bonds. The maximum atomic E-state index is 13.1. The van der Waals surface area contributed by atoms with E-state index in [0.29, 0.717) is 12.1 Å². The van der Waals surface area contributed by atoms with E-state index in [1.54, 1.807) is 12.1 Å². The van der Waals surface area contributed by atoms with Crippen LogP contribution in [0.4, 0.5) is 4.39 Å². The van der Waals surface area contributed by atoms with Gasteiger partial charge in [0.25, 0.3) is 0 Å². The van der Waals surface area contributed by atoms with E-state index in [4.69, 9.17) is 0 Å². The fourth-order valence-electron chi connectivity index (χ4n) is 2.46. The number of rotatable bonds is 2. The Kier molecular flexibility index (Phi) is 3.79. The van der Waals surface area contributed by atoms with E-state index >= 15 is 0 Å². The molecule has 3 heteroatoms. The molecule has 1 saturated heterocycles. The number of hydrogen-bond acceptors (Lipinski definition) is 2. The molecule has 1 aliphatic heterocycles. The van der Waals surface area contributed by atoms with Gasteiger partial charge in [-0.25, -0.2) is 4.39 Å². The molecule has 17 heavy (non-hydrogen) atoms. The lowest BCUT2D eigenvalue weighted by atomic mass is 10.1. The fraction of sp³-hybridized carbons (Fsp3) is 0.571. The smallest absolute Gasteiger partial charge is 0.123 e. The van der Waals surface area contributed by atoms with Crippen LogP contribution in [-0.4, -0.2) is 42.0 Å². The van der Waals surface area contributed by atoms with Crippen molar-refractivity contribution in [3.8, 4) is 0 Å². The molecule has 2 atom stereocenters. The molecule has 94 valence electrons. The number of nitrogens with zero attached hydrogens (tertiary/aromatic N) is 2. The van der Waals surface area contributed by atoms with Crippen LogP contribution >= 0.6 is 0 Å². The minimum absolute atomic E-state index is 0.141. The lowest BCUT2D eigenvalue weighted by Gasteiger charge is -2.42. The number of benzene rings is 1. The SMILES string of the molecule is C[C@@H]1CN(C)[C@@H](C)CN1Cc1cccc(F)c1. The number of likely N-dealkylation sites (N-methyl/N-ethyl adjacent to an activating group) is 1. The first-order valence-electron chi connectivity index (χ1n) is 6.25. The summed E-state index contributed by atoms with van der Waals surface area (Å²) in [6.45, 7) is 7.45. The minimum Gasteiger partial charge on any atom is -0.301 e. The highest BCUT2D eigenvalue weighted by Crippen LogP contribution is 2.17. The predicted octanol–water partition coefficient (Wildman–Crippen LogP) is 2.35. The molecule has 1 fully saturated rings. The van der Waals surface area contributed by atoms with E-state index in [1.165, 1.54) is 6.07 Å². The molecule has 1 aromatic carbocycles. The second kappa shape index (κ2) is 5.15. The Bertz CT molecular complexity index is 380. The maximum absolute atomic E-state index is 13.1. The van der Waals surface area contributed by atoms with E-state index in [0.717, 1.165) is 25.2 Å². The molecule has 1 heterocycles. The van der Waals surface area contributed by atoms with Crippen LogP contribution in [0.2, 0.25) is 0 Å². The van der Waals surface area contributed by atoms with Gasteiger partial charge in [0.15, 0.2) is 0 Å². The van der Waals surface area contributed by atoms with Crippen molar-refractivity contribution in [3.63, 3.8) is 0 Å². The monoisotopic (exact) mass is 236 g/mol. The summed E-state index contributed by atoms with van der Waals surface area (Å²) < 4.78 is 13.1. The van der Waals surface area contributed by atoms with E-state index < -0.39 is 0 Å². The van der Waals surface area contributed by atoms with Crippen LogP contribution in [-0.2, 0) is 6.54 Å². The average molecular weight is 236 g/mol. The Balaban J connectivity index is 2.03. The number of hydrogen-bond donors (Lipinski definition) is 0. The topological polar surface area (TPSA) is 6.48 Å². The molecular weight excluding hydrogens is 215 g/mol. The summed E-state index contributed by atoms with van der Waals surface area (Å²) in [6, 6.07) is 8.02. The highest BCUT2D eigenvalue weighted by molar-refractivity contribution is 5.16. The third-order valence-corrected chi connectivity index (χ3v) is 3.70. The highest BCUT2D eigenvalue weighted by atomic mass is 19.1. The number of halogens is 1. The summed E-state index contributed by atoms with van der Waals surface area (Å²) >= 11 is 0. The molecule has 0 saturated carbocycles. The number of piperazine rings is 1. The molecule has 0 radical (unpaired) electrons. The van der Waals surface area contributed by atoms with E-state index in [2.05, 4.69) is 30.7 Å². The maximum Gasteiger partial charge on any atom is 0.123 e. The van der Waals surface area contributed by atoms with Crippen molar-refractivity contribution in [1.82, 2.24) is 9.80 Å². The van der Waals surface area contributed by atoms with Crippen LogP contribution in [0.25, 0.3) is 0 Å². The Morgan fingerprint density at radius 3 is 2.71 bits per heavy atom. The zero-order valence-corrected chi connectivity index (χ0v) is 10.9. The summed E-state index contributed by atoms with van der Waals surface area (Å²) in [5.41, 5.74) is 1.06. The van der Waals surface area contributed by atoms with Crippen LogP contribution < -0.4 is 0 Å². The second-order valence-corrected chi connectivity index (χ2v) is 5.20. The molecule has 0 aromatic heterocycles. The zero-order chi connectivity index (χ0) is 12.4. The van der Waals surface area contributed by atoms with Gasteiger partial charge >= 0.3 is 0 Å². The van der Waals surface area contributed by atoms with E-state index in [9.17, 15) is 4.39 Å². The molecule has 1 aliphatic rings. The summed E-state index contributed by atoms with van der Waals surface area (Å²) in [6.07, 6.45) is 0. The van der Waals surface area contributed by atoms with Gasteiger partial charge < -0.3 is 4.90 Å². The van der Waals surface area contributed by atoms with Crippen molar-refractivity contribution in [1.29, 1.82) is 0 Å². The van der Waals surface area contributed by atoms with Gasteiger partial charge in [0.2, 0.25) is 0 Å².